The Morgan fingerprint density at radius 3 is 2.64 bits per heavy atom. The van der Waals surface area contributed by atoms with Crippen molar-refractivity contribution in [1.82, 2.24) is 5.32 Å². The highest BCUT2D eigenvalue weighted by Crippen LogP contribution is 2.15. The smallest absolute Gasteiger partial charge is 0.260 e. The Bertz CT molecular complexity index is 101. The molecule has 0 rings (SSSR count). The third kappa shape index (κ3) is 6.15. The van der Waals surface area contributed by atoms with Gasteiger partial charge >= 0.3 is 0 Å². The normalized spacial score (nSPS) is 12.0. The van der Waals surface area contributed by atoms with Crippen LogP contribution in [-0.4, -0.2) is 30.9 Å². The molecule has 0 aromatic carbocycles. The Hall–Kier alpha value is -0.260. The predicted molar refractivity (Wildman–Crippen MR) is 36.7 cm³/mol. The second kappa shape index (κ2) is 5.40. The molecule has 0 aliphatic heterocycles. The molecule has 5 heteroatoms. The lowest BCUT2D eigenvalue weighted by molar-refractivity contribution is -0.240. The number of alkyl halides is 2. The largest absolute Gasteiger partial charge is 0.309 e. The molecule has 0 unspecified atom stereocenters. The van der Waals surface area contributed by atoms with E-state index in [9.17, 15) is 8.78 Å². The number of hydrogen-bond acceptors (Lipinski definition) is 3. The van der Waals surface area contributed by atoms with Crippen molar-refractivity contribution in [3.05, 3.63) is 0 Å². The van der Waals surface area contributed by atoms with E-state index in [0.29, 0.717) is 0 Å². The lowest BCUT2D eigenvalue weighted by Crippen LogP contribution is -2.33. The van der Waals surface area contributed by atoms with Gasteiger partial charge in [0, 0.05) is 13.0 Å². The molecule has 0 aliphatic rings. The Balaban J connectivity index is 3.23. The van der Waals surface area contributed by atoms with Crippen molar-refractivity contribution in [3.8, 4) is 0 Å². The second-order valence-electron chi connectivity index (χ2n) is 2.22. The van der Waals surface area contributed by atoms with Gasteiger partial charge in [-0.3, -0.25) is 5.26 Å². The van der Waals surface area contributed by atoms with Crippen LogP contribution in [-0.2, 0) is 4.89 Å². The third-order valence-corrected chi connectivity index (χ3v) is 1.27. The fraction of sp³-hybridized carbons (Fsp3) is 1.00. The van der Waals surface area contributed by atoms with E-state index in [1.54, 1.807) is 0 Å². The van der Waals surface area contributed by atoms with E-state index in [1.807, 2.05) is 0 Å². The van der Waals surface area contributed by atoms with Crippen LogP contribution in [0.2, 0.25) is 0 Å². The van der Waals surface area contributed by atoms with E-state index < -0.39 is 5.92 Å². The third-order valence-electron chi connectivity index (χ3n) is 1.27. The van der Waals surface area contributed by atoms with Crippen LogP contribution in [0, 0.1) is 0 Å². The minimum absolute atomic E-state index is 0.0276. The van der Waals surface area contributed by atoms with Crippen molar-refractivity contribution in [3.63, 3.8) is 0 Å². The summed E-state index contributed by atoms with van der Waals surface area (Å²) in [6.45, 7) is 1.31. The lowest BCUT2D eigenvalue weighted by atomic mass is 10.2. The molecule has 3 nitrogen and oxygen atoms in total. The van der Waals surface area contributed by atoms with E-state index in [1.165, 1.54) is 6.92 Å². The molecule has 0 radical (unpaired) electrons. The van der Waals surface area contributed by atoms with Crippen LogP contribution in [0.4, 0.5) is 8.78 Å². The minimum atomic E-state index is -2.66. The first kappa shape index (κ1) is 10.7. The van der Waals surface area contributed by atoms with Crippen LogP contribution >= 0.6 is 0 Å². The summed E-state index contributed by atoms with van der Waals surface area (Å²) in [6, 6.07) is 0. The average Bonchev–Trinajstić information content (AvgIpc) is 1.99. The van der Waals surface area contributed by atoms with Crippen LogP contribution in [0.3, 0.4) is 0 Å². The van der Waals surface area contributed by atoms with Gasteiger partial charge in [0.25, 0.3) is 5.92 Å². The molecule has 0 bridgehead atoms. The summed E-state index contributed by atoms with van der Waals surface area (Å²) in [5.74, 6) is -2.66. The van der Waals surface area contributed by atoms with E-state index in [-0.39, 0.29) is 26.1 Å². The molecular formula is C6H13F2NO2. The maximum atomic E-state index is 12.4. The molecular weight excluding hydrogens is 156 g/mol. The Labute approximate surface area is 64.3 Å². The lowest BCUT2D eigenvalue weighted by Gasteiger charge is -2.13. The highest BCUT2D eigenvalue weighted by Gasteiger charge is 2.24. The SMILES string of the molecule is CCC(F)(F)CNCCOO. The highest BCUT2D eigenvalue weighted by molar-refractivity contribution is 4.66. The zero-order valence-corrected chi connectivity index (χ0v) is 6.44. The van der Waals surface area contributed by atoms with E-state index >= 15 is 0 Å². The molecule has 0 aromatic heterocycles. The van der Waals surface area contributed by atoms with Gasteiger partial charge in [-0.2, -0.15) is 0 Å². The number of rotatable bonds is 6. The zero-order valence-electron chi connectivity index (χ0n) is 6.44. The van der Waals surface area contributed by atoms with Crippen LogP contribution in [0.25, 0.3) is 0 Å². The van der Waals surface area contributed by atoms with Crippen molar-refractivity contribution in [2.75, 3.05) is 19.7 Å². The van der Waals surface area contributed by atoms with Crippen molar-refractivity contribution < 1.29 is 18.9 Å². The number of halogens is 2. The quantitative estimate of drug-likeness (QED) is 0.355. The van der Waals surface area contributed by atoms with Crippen molar-refractivity contribution in [1.29, 1.82) is 0 Å². The summed E-state index contributed by atoms with van der Waals surface area (Å²) in [5, 5.41) is 10.3. The topological polar surface area (TPSA) is 41.5 Å². The van der Waals surface area contributed by atoms with Crippen LogP contribution < -0.4 is 5.32 Å². The molecule has 0 spiro atoms. The first-order valence-corrected chi connectivity index (χ1v) is 3.47. The van der Waals surface area contributed by atoms with E-state index in [2.05, 4.69) is 10.2 Å². The number of nitrogens with one attached hydrogen (secondary N) is 1. The Morgan fingerprint density at radius 1 is 1.55 bits per heavy atom. The summed E-state index contributed by atoms with van der Waals surface area (Å²) in [7, 11) is 0. The van der Waals surface area contributed by atoms with E-state index in [0.717, 1.165) is 0 Å². The molecule has 2 N–H and O–H groups in total. The van der Waals surface area contributed by atoms with Crippen molar-refractivity contribution in [2.45, 2.75) is 19.3 Å². The predicted octanol–water partition coefficient (Wildman–Crippen LogP) is 1.11. The van der Waals surface area contributed by atoms with Gasteiger partial charge in [-0.1, -0.05) is 6.92 Å². The fourth-order valence-electron chi connectivity index (χ4n) is 0.514. The maximum Gasteiger partial charge on any atom is 0.260 e. The van der Waals surface area contributed by atoms with Gasteiger partial charge in [0.15, 0.2) is 0 Å². The molecule has 0 saturated carbocycles. The second-order valence-corrected chi connectivity index (χ2v) is 2.22. The summed E-state index contributed by atoms with van der Waals surface area (Å²) in [6.07, 6.45) is -0.181. The molecule has 0 saturated heterocycles. The van der Waals surface area contributed by atoms with Crippen LogP contribution in [0.1, 0.15) is 13.3 Å². The van der Waals surface area contributed by atoms with Crippen LogP contribution in [0.15, 0.2) is 0 Å². The minimum Gasteiger partial charge on any atom is -0.309 e. The van der Waals surface area contributed by atoms with Crippen molar-refractivity contribution >= 4 is 0 Å². The van der Waals surface area contributed by atoms with Crippen molar-refractivity contribution in [2.24, 2.45) is 0 Å². The van der Waals surface area contributed by atoms with Gasteiger partial charge in [0.05, 0.1) is 13.2 Å². The summed E-state index contributed by atoms with van der Waals surface area (Å²) in [5.41, 5.74) is 0. The monoisotopic (exact) mass is 169 g/mol. The Morgan fingerprint density at radius 2 is 2.18 bits per heavy atom. The van der Waals surface area contributed by atoms with E-state index in [4.69, 9.17) is 5.26 Å². The molecule has 0 atom stereocenters. The Kier molecular flexibility index (Phi) is 5.27. The summed E-state index contributed by atoms with van der Waals surface area (Å²) >= 11 is 0. The van der Waals surface area contributed by atoms with Gasteiger partial charge < -0.3 is 5.32 Å². The first-order valence-electron chi connectivity index (χ1n) is 3.47. The fourth-order valence-corrected chi connectivity index (χ4v) is 0.514. The van der Waals surface area contributed by atoms with Gasteiger partial charge in [-0.15, -0.1) is 0 Å². The molecule has 0 heterocycles. The molecule has 0 aliphatic carbocycles. The average molecular weight is 169 g/mol. The molecule has 0 amide bonds. The zero-order chi connectivity index (χ0) is 8.74. The van der Waals surface area contributed by atoms with Gasteiger partial charge in [-0.05, 0) is 0 Å². The standard InChI is InChI=1S/C6H13F2NO2/c1-2-6(7,8)5-9-3-4-11-10/h9-10H,2-5H2,1H3. The molecule has 11 heavy (non-hydrogen) atoms. The number of hydrogen-bond donors (Lipinski definition) is 2. The van der Waals surface area contributed by atoms with Gasteiger partial charge in [0.2, 0.25) is 0 Å². The summed E-state index contributed by atoms with van der Waals surface area (Å²) < 4.78 is 24.8. The molecule has 0 fully saturated rings. The molecule has 0 aromatic rings. The van der Waals surface area contributed by atoms with Gasteiger partial charge in [-0.25, -0.2) is 13.7 Å². The molecule has 68 valence electrons. The van der Waals surface area contributed by atoms with Crippen LogP contribution in [0.5, 0.6) is 0 Å². The highest BCUT2D eigenvalue weighted by atomic mass is 19.3. The first-order chi connectivity index (χ1) is 5.12. The van der Waals surface area contributed by atoms with Gasteiger partial charge in [0.1, 0.15) is 0 Å². The summed E-state index contributed by atoms with van der Waals surface area (Å²) in [4.78, 5) is 3.68. The maximum absolute atomic E-state index is 12.4.